The average Bonchev–Trinajstić information content (AvgIpc) is 3.17. The molecule has 2 N–H and O–H groups in total. The number of carbonyl (C=O) groups excluding carboxylic acids is 2. The molecule has 0 aliphatic rings. The Bertz CT molecular complexity index is 1010. The first-order chi connectivity index (χ1) is 13.8. The standard InChI is InChI=1S/C19H22N6O2S2/c1-11-5-7-14(8-6-11)21-16(26)9-15-23-24-19(25(15)4)28-10-17(27)22-18-20-12(2)13(3)29-18/h5-8H,9-10H2,1-4H3,(H,21,26)(H,20,22,27). The Labute approximate surface area is 177 Å². The number of thiazole rings is 1. The maximum atomic E-state index is 12.3. The Morgan fingerprint density at radius 1 is 1.07 bits per heavy atom. The lowest BCUT2D eigenvalue weighted by atomic mass is 10.2. The Morgan fingerprint density at radius 2 is 1.79 bits per heavy atom. The van der Waals surface area contributed by atoms with Gasteiger partial charge in [0.25, 0.3) is 0 Å². The van der Waals surface area contributed by atoms with E-state index in [1.165, 1.54) is 23.1 Å². The number of carbonyl (C=O) groups is 2. The van der Waals surface area contributed by atoms with Crippen molar-refractivity contribution in [2.45, 2.75) is 32.3 Å². The lowest BCUT2D eigenvalue weighted by Gasteiger charge is -2.06. The second-order valence-electron chi connectivity index (χ2n) is 6.55. The van der Waals surface area contributed by atoms with Gasteiger partial charge in [-0.3, -0.25) is 9.59 Å². The van der Waals surface area contributed by atoms with Gasteiger partial charge in [-0.15, -0.1) is 21.5 Å². The monoisotopic (exact) mass is 430 g/mol. The number of thioether (sulfide) groups is 1. The Balaban J connectivity index is 1.52. The third kappa shape index (κ3) is 5.64. The average molecular weight is 431 g/mol. The minimum Gasteiger partial charge on any atom is -0.326 e. The van der Waals surface area contributed by atoms with Crippen molar-refractivity contribution in [3.8, 4) is 0 Å². The van der Waals surface area contributed by atoms with E-state index >= 15 is 0 Å². The third-order valence-corrected chi connectivity index (χ3v) is 6.19. The van der Waals surface area contributed by atoms with Gasteiger partial charge in [-0.2, -0.15) is 0 Å². The van der Waals surface area contributed by atoms with E-state index in [1.807, 2.05) is 45.0 Å². The molecule has 2 aromatic heterocycles. The fourth-order valence-corrected chi connectivity index (χ4v) is 3.98. The van der Waals surface area contributed by atoms with Crippen LogP contribution in [-0.2, 0) is 23.1 Å². The first-order valence-electron chi connectivity index (χ1n) is 8.93. The highest BCUT2D eigenvalue weighted by Crippen LogP contribution is 2.22. The van der Waals surface area contributed by atoms with Crippen molar-refractivity contribution < 1.29 is 9.59 Å². The highest BCUT2D eigenvalue weighted by atomic mass is 32.2. The summed E-state index contributed by atoms with van der Waals surface area (Å²) in [7, 11) is 1.78. The number of amides is 2. The predicted molar refractivity (Wildman–Crippen MR) is 115 cm³/mol. The van der Waals surface area contributed by atoms with E-state index in [0.717, 1.165) is 21.8 Å². The van der Waals surface area contributed by atoms with Crippen molar-refractivity contribution in [1.29, 1.82) is 0 Å². The number of hydrogen-bond donors (Lipinski definition) is 2. The number of anilines is 2. The number of nitrogens with zero attached hydrogens (tertiary/aromatic N) is 4. The molecule has 10 heteroatoms. The van der Waals surface area contributed by atoms with Crippen LogP contribution in [0.15, 0.2) is 29.4 Å². The fraction of sp³-hybridized carbons (Fsp3) is 0.316. The summed E-state index contributed by atoms with van der Waals surface area (Å²) in [6.45, 7) is 5.86. The summed E-state index contributed by atoms with van der Waals surface area (Å²) in [4.78, 5) is 29.8. The number of rotatable bonds is 7. The van der Waals surface area contributed by atoms with Crippen LogP contribution >= 0.6 is 23.1 Å². The molecule has 8 nitrogen and oxygen atoms in total. The van der Waals surface area contributed by atoms with Crippen molar-refractivity contribution in [3.63, 3.8) is 0 Å². The Kier molecular flexibility index (Phi) is 6.65. The highest BCUT2D eigenvalue weighted by molar-refractivity contribution is 7.99. The Hall–Kier alpha value is -2.72. The normalized spacial score (nSPS) is 10.8. The van der Waals surface area contributed by atoms with Gasteiger partial charge >= 0.3 is 0 Å². The number of benzene rings is 1. The molecule has 0 saturated carbocycles. The largest absolute Gasteiger partial charge is 0.326 e. The van der Waals surface area contributed by atoms with Gasteiger partial charge in [0.05, 0.1) is 17.9 Å². The maximum Gasteiger partial charge on any atom is 0.236 e. The van der Waals surface area contributed by atoms with Crippen LogP contribution in [0.2, 0.25) is 0 Å². The van der Waals surface area contributed by atoms with Crippen LogP contribution in [0.3, 0.4) is 0 Å². The molecule has 0 aliphatic carbocycles. The van der Waals surface area contributed by atoms with Crippen molar-refractivity contribution in [1.82, 2.24) is 19.7 Å². The van der Waals surface area contributed by atoms with Gasteiger partial charge in [0.1, 0.15) is 5.82 Å². The molecule has 2 heterocycles. The summed E-state index contributed by atoms with van der Waals surface area (Å²) in [6.07, 6.45) is 0.0990. The van der Waals surface area contributed by atoms with Gasteiger partial charge in [-0.05, 0) is 32.9 Å². The third-order valence-electron chi connectivity index (χ3n) is 4.19. The van der Waals surface area contributed by atoms with Crippen LogP contribution in [0, 0.1) is 20.8 Å². The first-order valence-corrected chi connectivity index (χ1v) is 10.7. The molecule has 0 unspecified atom stereocenters. The lowest BCUT2D eigenvalue weighted by molar-refractivity contribution is -0.116. The number of hydrogen-bond acceptors (Lipinski definition) is 7. The zero-order valence-electron chi connectivity index (χ0n) is 16.6. The zero-order valence-corrected chi connectivity index (χ0v) is 18.3. The molecule has 0 aliphatic heterocycles. The quantitative estimate of drug-likeness (QED) is 0.559. The molecule has 0 saturated heterocycles. The van der Waals surface area contributed by atoms with Crippen LogP contribution in [0.5, 0.6) is 0 Å². The van der Waals surface area contributed by atoms with Gasteiger partial charge in [-0.25, -0.2) is 4.98 Å². The summed E-state index contributed by atoms with van der Waals surface area (Å²) < 4.78 is 1.73. The van der Waals surface area contributed by atoms with E-state index in [4.69, 9.17) is 0 Å². The van der Waals surface area contributed by atoms with E-state index in [2.05, 4.69) is 25.8 Å². The minimum atomic E-state index is -0.173. The zero-order chi connectivity index (χ0) is 21.0. The molecule has 0 radical (unpaired) electrons. The smallest absolute Gasteiger partial charge is 0.236 e. The first kappa shape index (κ1) is 21.0. The second kappa shape index (κ2) is 9.19. The van der Waals surface area contributed by atoms with Crippen LogP contribution in [0.25, 0.3) is 0 Å². The summed E-state index contributed by atoms with van der Waals surface area (Å²) >= 11 is 2.71. The summed E-state index contributed by atoms with van der Waals surface area (Å²) in [6, 6.07) is 7.59. The van der Waals surface area contributed by atoms with Crippen molar-refractivity contribution in [2.75, 3.05) is 16.4 Å². The van der Waals surface area contributed by atoms with E-state index in [-0.39, 0.29) is 24.0 Å². The molecule has 2 amide bonds. The van der Waals surface area contributed by atoms with Crippen LogP contribution in [0.4, 0.5) is 10.8 Å². The topological polar surface area (TPSA) is 102 Å². The van der Waals surface area contributed by atoms with Crippen molar-refractivity contribution in [2.24, 2.45) is 7.05 Å². The van der Waals surface area contributed by atoms with Gasteiger partial charge in [0, 0.05) is 17.6 Å². The number of aryl methyl sites for hydroxylation is 3. The van der Waals surface area contributed by atoms with Crippen LogP contribution in [-0.4, -0.2) is 37.3 Å². The second-order valence-corrected chi connectivity index (χ2v) is 8.69. The molecular formula is C19H22N6O2S2. The maximum absolute atomic E-state index is 12.3. The van der Waals surface area contributed by atoms with Crippen LogP contribution in [0.1, 0.15) is 22.0 Å². The molecule has 3 aromatic rings. The number of nitrogens with one attached hydrogen (secondary N) is 2. The molecule has 29 heavy (non-hydrogen) atoms. The van der Waals surface area contributed by atoms with Gasteiger partial charge < -0.3 is 15.2 Å². The molecule has 0 atom stereocenters. The molecule has 1 aromatic carbocycles. The SMILES string of the molecule is Cc1ccc(NC(=O)Cc2nnc(SCC(=O)Nc3nc(C)c(C)s3)n2C)cc1. The van der Waals surface area contributed by atoms with E-state index < -0.39 is 0 Å². The summed E-state index contributed by atoms with van der Waals surface area (Å²) in [5, 5.41) is 15.0. The minimum absolute atomic E-state index is 0.0990. The molecule has 0 spiro atoms. The van der Waals surface area contributed by atoms with E-state index in [1.54, 1.807) is 11.6 Å². The Morgan fingerprint density at radius 3 is 2.45 bits per heavy atom. The fourth-order valence-electron chi connectivity index (χ4n) is 2.42. The molecule has 0 bridgehead atoms. The molecule has 152 valence electrons. The molecule has 3 rings (SSSR count). The van der Waals surface area contributed by atoms with Gasteiger partial charge in [-0.1, -0.05) is 29.5 Å². The van der Waals surface area contributed by atoms with Crippen LogP contribution < -0.4 is 10.6 Å². The van der Waals surface area contributed by atoms with Crippen molar-refractivity contribution in [3.05, 3.63) is 46.2 Å². The molecule has 0 fully saturated rings. The van der Waals surface area contributed by atoms with E-state index in [0.29, 0.717) is 16.1 Å². The lowest BCUT2D eigenvalue weighted by Crippen LogP contribution is -2.17. The van der Waals surface area contributed by atoms with E-state index in [9.17, 15) is 9.59 Å². The summed E-state index contributed by atoms with van der Waals surface area (Å²) in [5.41, 5.74) is 2.78. The molecular weight excluding hydrogens is 408 g/mol. The van der Waals surface area contributed by atoms with Gasteiger partial charge in [0.2, 0.25) is 11.8 Å². The highest BCUT2D eigenvalue weighted by Gasteiger charge is 2.15. The summed E-state index contributed by atoms with van der Waals surface area (Å²) in [5.74, 6) is 0.376. The van der Waals surface area contributed by atoms with Gasteiger partial charge in [0.15, 0.2) is 10.3 Å². The predicted octanol–water partition coefficient (Wildman–Crippen LogP) is 3.11. The van der Waals surface area contributed by atoms with Crippen molar-refractivity contribution >= 4 is 45.7 Å². The number of aromatic nitrogens is 4.